The number of nitrogens with two attached hydrogens (primary N) is 1. The lowest BCUT2D eigenvalue weighted by Gasteiger charge is -2.22. The molecular formula is C17H23N3O. The van der Waals surface area contributed by atoms with E-state index in [4.69, 9.17) is 5.73 Å². The number of rotatable bonds is 4. The summed E-state index contributed by atoms with van der Waals surface area (Å²) in [7, 11) is 1.85. The van der Waals surface area contributed by atoms with Crippen LogP contribution in [0.4, 0.5) is 0 Å². The Kier molecular flexibility index (Phi) is 5.79. The summed E-state index contributed by atoms with van der Waals surface area (Å²) in [6, 6.07) is 7.45. The van der Waals surface area contributed by atoms with E-state index in [9.17, 15) is 4.79 Å². The number of likely N-dealkylation sites (N-methyl/N-ethyl adjacent to an activating group) is 1. The van der Waals surface area contributed by atoms with Gasteiger partial charge in [0.1, 0.15) is 0 Å². The Balaban J connectivity index is 2.01. The van der Waals surface area contributed by atoms with E-state index in [1.165, 1.54) is 12.8 Å². The molecule has 0 aromatic heterocycles. The maximum atomic E-state index is 12.5. The molecule has 1 fully saturated rings. The Bertz CT molecular complexity index is 538. The predicted octanol–water partition coefficient (Wildman–Crippen LogP) is 1.16. The van der Waals surface area contributed by atoms with Crippen LogP contribution in [0, 0.1) is 11.8 Å². The third kappa shape index (κ3) is 4.32. The number of carbonyl (C=O) groups is 1. The molecule has 1 aliphatic heterocycles. The van der Waals surface area contributed by atoms with Crippen LogP contribution in [-0.4, -0.2) is 55.5 Å². The van der Waals surface area contributed by atoms with Crippen molar-refractivity contribution in [1.29, 1.82) is 0 Å². The molecule has 1 aliphatic rings. The zero-order valence-electron chi connectivity index (χ0n) is 12.6. The molecular weight excluding hydrogens is 262 g/mol. The summed E-state index contributed by atoms with van der Waals surface area (Å²) in [5.74, 6) is 5.81. The molecule has 112 valence electrons. The smallest absolute Gasteiger partial charge is 0.254 e. The van der Waals surface area contributed by atoms with E-state index < -0.39 is 0 Å². The molecule has 21 heavy (non-hydrogen) atoms. The van der Waals surface area contributed by atoms with Gasteiger partial charge in [-0.25, -0.2) is 0 Å². The van der Waals surface area contributed by atoms with Gasteiger partial charge in [-0.2, -0.15) is 0 Å². The van der Waals surface area contributed by atoms with Gasteiger partial charge in [0.05, 0.1) is 12.1 Å². The van der Waals surface area contributed by atoms with Crippen LogP contribution in [0.25, 0.3) is 0 Å². The van der Waals surface area contributed by atoms with Crippen LogP contribution >= 0.6 is 0 Å². The highest BCUT2D eigenvalue weighted by atomic mass is 16.2. The Morgan fingerprint density at radius 3 is 2.76 bits per heavy atom. The first kappa shape index (κ1) is 15.6. The molecule has 0 spiro atoms. The number of hydrogen-bond donors (Lipinski definition) is 1. The molecule has 0 bridgehead atoms. The van der Waals surface area contributed by atoms with Crippen molar-refractivity contribution in [3.63, 3.8) is 0 Å². The van der Waals surface area contributed by atoms with Crippen molar-refractivity contribution in [1.82, 2.24) is 9.80 Å². The monoisotopic (exact) mass is 285 g/mol. The number of likely N-dealkylation sites (tertiary alicyclic amines) is 1. The number of carbonyl (C=O) groups excluding carboxylic acids is 1. The van der Waals surface area contributed by atoms with Crippen LogP contribution < -0.4 is 5.73 Å². The van der Waals surface area contributed by atoms with Crippen molar-refractivity contribution in [2.24, 2.45) is 5.73 Å². The molecule has 4 nitrogen and oxygen atoms in total. The third-order valence-electron chi connectivity index (χ3n) is 3.78. The molecule has 1 amide bonds. The van der Waals surface area contributed by atoms with Gasteiger partial charge in [-0.1, -0.05) is 24.0 Å². The molecule has 1 aromatic carbocycles. The van der Waals surface area contributed by atoms with Gasteiger partial charge in [-0.15, -0.1) is 0 Å². The Morgan fingerprint density at radius 2 is 2.05 bits per heavy atom. The fraction of sp³-hybridized carbons (Fsp3) is 0.471. The van der Waals surface area contributed by atoms with Gasteiger partial charge < -0.3 is 15.5 Å². The van der Waals surface area contributed by atoms with E-state index in [1.54, 1.807) is 4.90 Å². The molecule has 2 N–H and O–H groups in total. The molecule has 0 unspecified atom stereocenters. The van der Waals surface area contributed by atoms with Gasteiger partial charge in [0.25, 0.3) is 5.91 Å². The largest absolute Gasteiger partial charge is 0.340 e. The average molecular weight is 285 g/mol. The highest BCUT2D eigenvalue weighted by molar-refractivity contribution is 5.96. The second kappa shape index (κ2) is 7.82. The van der Waals surface area contributed by atoms with E-state index in [0.29, 0.717) is 12.1 Å². The first-order valence-electron chi connectivity index (χ1n) is 7.48. The number of hydrogen-bond acceptors (Lipinski definition) is 3. The normalized spacial score (nSPS) is 14.6. The van der Waals surface area contributed by atoms with E-state index >= 15 is 0 Å². The van der Waals surface area contributed by atoms with Crippen LogP contribution in [-0.2, 0) is 0 Å². The van der Waals surface area contributed by atoms with E-state index in [2.05, 4.69) is 16.7 Å². The Morgan fingerprint density at radius 1 is 1.33 bits per heavy atom. The maximum absolute atomic E-state index is 12.5. The zero-order chi connectivity index (χ0) is 15.1. The van der Waals surface area contributed by atoms with Crippen molar-refractivity contribution < 1.29 is 4.79 Å². The summed E-state index contributed by atoms with van der Waals surface area (Å²) in [6.45, 7) is 4.30. The molecule has 4 heteroatoms. The number of amides is 1. The fourth-order valence-corrected chi connectivity index (χ4v) is 2.53. The van der Waals surface area contributed by atoms with Crippen molar-refractivity contribution in [3.8, 4) is 11.8 Å². The summed E-state index contributed by atoms with van der Waals surface area (Å²) in [4.78, 5) is 16.7. The third-order valence-corrected chi connectivity index (χ3v) is 3.78. The lowest BCUT2D eigenvalue weighted by Crippen LogP contribution is -2.35. The van der Waals surface area contributed by atoms with Gasteiger partial charge >= 0.3 is 0 Å². The Hall–Kier alpha value is -1.83. The minimum absolute atomic E-state index is 0.0242. The summed E-state index contributed by atoms with van der Waals surface area (Å²) in [5, 5.41) is 0. The second-order valence-electron chi connectivity index (χ2n) is 5.33. The quantitative estimate of drug-likeness (QED) is 0.845. The number of nitrogens with zero attached hydrogens (tertiary/aromatic N) is 2. The van der Waals surface area contributed by atoms with Gasteiger partial charge in [0.2, 0.25) is 0 Å². The van der Waals surface area contributed by atoms with Crippen LogP contribution in [0.3, 0.4) is 0 Å². The molecule has 0 radical (unpaired) electrons. The highest BCUT2D eigenvalue weighted by Gasteiger charge is 2.17. The summed E-state index contributed by atoms with van der Waals surface area (Å²) in [6.07, 6.45) is 2.55. The first-order valence-corrected chi connectivity index (χ1v) is 7.48. The number of benzene rings is 1. The molecule has 1 heterocycles. The standard InChI is InChI=1S/C17H23N3O/c1-19(13-14-20-11-4-5-12-20)17(21)16-9-3-2-7-15(16)8-6-10-18/h2-3,7,9H,4-5,10-14,18H2,1H3. The molecule has 0 aliphatic carbocycles. The predicted molar refractivity (Wildman–Crippen MR) is 85.0 cm³/mol. The average Bonchev–Trinajstić information content (AvgIpc) is 3.03. The van der Waals surface area contributed by atoms with Crippen LogP contribution in [0.2, 0.25) is 0 Å². The van der Waals surface area contributed by atoms with Crippen LogP contribution in [0.15, 0.2) is 24.3 Å². The van der Waals surface area contributed by atoms with E-state index in [0.717, 1.165) is 31.7 Å². The fourth-order valence-electron chi connectivity index (χ4n) is 2.53. The first-order chi connectivity index (χ1) is 10.2. The van der Waals surface area contributed by atoms with Crippen LogP contribution in [0.5, 0.6) is 0 Å². The molecule has 1 aromatic rings. The van der Waals surface area contributed by atoms with Gasteiger partial charge in [-0.3, -0.25) is 4.79 Å². The second-order valence-corrected chi connectivity index (χ2v) is 5.33. The molecule has 0 saturated carbocycles. The maximum Gasteiger partial charge on any atom is 0.254 e. The van der Waals surface area contributed by atoms with Crippen molar-refractivity contribution in [2.45, 2.75) is 12.8 Å². The van der Waals surface area contributed by atoms with Crippen molar-refractivity contribution in [2.75, 3.05) is 39.8 Å². The minimum atomic E-state index is 0.0242. The van der Waals surface area contributed by atoms with E-state index in [1.807, 2.05) is 31.3 Å². The minimum Gasteiger partial charge on any atom is -0.340 e. The van der Waals surface area contributed by atoms with Crippen molar-refractivity contribution in [3.05, 3.63) is 35.4 Å². The Labute approximate surface area is 126 Å². The van der Waals surface area contributed by atoms with Gasteiger partial charge in [-0.05, 0) is 38.1 Å². The van der Waals surface area contributed by atoms with Crippen molar-refractivity contribution >= 4 is 5.91 Å². The lowest BCUT2D eigenvalue weighted by atomic mass is 10.1. The highest BCUT2D eigenvalue weighted by Crippen LogP contribution is 2.11. The molecule has 0 atom stereocenters. The van der Waals surface area contributed by atoms with Crippen LogP contribution in [0.1, 0.15) is 28.8 Å². The molecule has 2 rings (SSSR count). The molecule has 1 saturated heterocycles. The summed E-state index contributed by atoms with van der Waals surface area (Å²) < 4.78 is 0. The topological polar surface area (TPSA) is 49.6 Å². The summed E-state index contributed by atoms with van der Waals surface area (Å²) >= 11 is 0. The lowest BCUT2D eigenvalue weighted by molar-refractivity contribution is 0.0782. The SMILES string of the molecule is CN(CCN1CCCC1)C(=O)c1ccccc1C#CCN. The summed E-state index contributed by atoms with van der Waals surface area (Å²) in [5.41, 5.74) is 6.81. The zero-order valence-corrected chi connectivity index (χ0v) is 12.6. The van der Waals surface area contributed by atoms with Gasteiger partial charge in [0, 0.05) is 25.7 Å². The van der Waals surface area contributed by atoms with Gasteiger partial charge in [0.15, 0.2) is 0 Å². The van der Waals surface area contributed by atoms with E-state index in [-0.39, 0.29) is 5.91 Å².